The van der Waals surface area contributed by atoms with Crippen molar-refractivity contribution in [3.63, 3.8) is 0 Å². The number of fused-ring (bicyclic) bond motifs is 1. The van der Waals surface area contributed by atoms with Crippen LogP contribution in [0.4, 0.5) is 0 Å². The van der Waals surface area contributed by atoms with Gasteiger partial charge in [-0.05, 0) is 73.8 Å². The summed E-state index contributed by atoms with van der Waals surface area (Å²) >= 11 is 0. The van der Waals surface area contributed by atoms with Crippen LogP contribution in [0.3, 0.4) is 0 Å². The largest absolute Gasteiger partial charge is 0.494 e. The molecular weight excluding hydrogens is 312 g/mol. The van der Waals surface area contributed by atoms with Crippen molar-refractivity contribution in [1.82, 2.24) is 5.43 Å². The molecule has 4 heteroatoms. The normalized spacial score (nSPS) is 25.1. The molecule has 1 saturated carbocycles. The molecule has 2 atom stereocenters. The van der Waals surface area contributed by atoms with Gasteiger partial charge in [-0.2, -0.15) is 5.10 Å². The minimum Gasteiger partial charge on any atom is -0.494 e. The molecule has 4 nitrogen and oxygen atoms in total. The molecule has 1 amide bonds. The molecule has 134 valence electrons. The summed E-state index contributed by atoms with van der Waals surface area (Å²) < 4.78 is 5.64. The molecule has 2 aliphatic rings. The molecule has 0 saturated heterocycles. The lowest BCUT2D eigenvalue weighted by Crippen LogP contribution is -2.21. The maximum Gasteiger partial charge on any atom is 0.243 e. The Kier molecular flexibility index (Phi) is 6.26. The van der Waals surface area contributed by atoms with Crippen LogP contribution in [0.15, 0.2) is 41.5 Å². The van der Waals surface area contributed by atoms with Crippen molar-refractivity contribution < 1.29 is 9.53 Å². The molecule has 3 rings (SSSR count). The highest BCUT2D eigenvalue weighted by Crippen LogP contribution is 2.52. The second-order valence-corrected chi connectivity index (χ2v) is 6.98. The van der Waals surface area contributed by atoms with E-state index in [2.05, 4.69) is 29.6 Å². The Morgan fingerprint density at radius 1 is 1.20 bits per heavy atom. The Bertz CT molecular complexity index is 605. The van der Waals surface area contributed by atoms with Gasteiger partial charge in [-0.25, -0.2) is 5.43 Å². The molecule has 2 aliphatic carbocycles. The zero-order valence-electron chi connectivity index (χ0n) is 15.0. The summed E-state index contributed by atoms with van der Waals surface area (Å²) in [6.45, 7) is 2.90. The van der Waals surface area contributed by atoms with Crippen molar-refractivity contribution >= 4 is 12.1 Å². The fourth-order valence-electron chi connectivity index (χ4n) is 3.66. The molecule has 0 aromatic heterocycles. The maximum absolute atomic E-state index is 12.3. The summed E-state index contributed by atoms with van der Waals surface area (Å²) in [5.41, 5.74) is 3.68. The van der Waals surface area contributed by atoms with Crippen LogP contribution in [-0.2, 0) is 4.79 Å². The SMILES string of the molecule is CCCCOc1ccc(/C=N\NC(=O)C2[C@H]3CCC=CCC[C@H]23)cc1. The number of carbonyl (C=O) groups excluding carboxylic acids is 1. The van der Waals surface area contributed by atoms with E-state index in [-0.39, 0.29) is 11.8 Å². The van der Waals surface area contributed by atoms with Crippen molar-refractivity contribution in [2.75, 3.05) is 6.61 Å². The van der Waals surface area contributed by atoms with Gasteiger partial charge in [-0.3, -0.25) is 4.79 Å². The lowest BCUT2D eigenvalue weighted by atomic mass is 10.1. The fraction of sp³-hybridized carbons (Fsp3) is 0.524. The Morgan fingerprint density at radius 2 is 1.88 bits per heavy atom. The van der Waals surface area contributed by atoms with Crippen LogP contribution < -0.4 is 10.2 Å². The third-order valence-electron chi connectivity index (χ3n) is 5.17. The molecular formula is C21H28N2O2. The number of ether oxygens (including phenoxy) is 1. The van der Waals surface area contributed by atoms with Crippen molar-refractivity contribution in [3.8, 4) is 5.75 Å². The van der Waals surface area contributed by atoms with Crippen LogP contribution >= 0.6 is 0 Å². The Balaban J connectivity index is 1.44. The van der Waals surface area contributed by atoms with Gasteiger partial charge < -0.3 is 4.74 Å². The predicted molar refractivity (Wildman–Crippen MR) is 101 cm³/mol. The first-order valence-corrected chi connectivity index (χ1v) is 9.50. The van der Waals surface area contributed by atoms with E-state index in [4.69, 9.17) is 4.74 Å². The van der Waals surface area contributed by atoms with Crippen LogP contribution in [0.5, 0.6) is 5.75 Å². The lowest BCUT2D eigenvalue weighted by molar-refractivity contribution is -0.122. The molecule has 0 unspecified atom stereocenters. The maximum atomic E-state index is 12.3. The number of allylic oxidation sites excluding steroid dienone is 2. The van der Waals surface area contributed by atoms with Gasteiger partial charge in [0.15, 0.2) is 0 Å². The smallest absolute Gasteiger partial charge is 0.243 e. The first kappa shape index (κ1) is 17.7. The van der Waals surface area contributed by atoms with Crippen molar-refractivity contribution in [2.24, 2.45) is 22.9 Å². The standard InChI is InChI=1S/C21H28N2O2/c1-2-3-14-25-17-12-10-16(11-13-17)15-22-23-21(24)20-18-8-6-4-5-7-9-19(18)20/h4-5,10-13,15,18-20H,2-3,6-9,14H2,1H3,(H,23,24)/b5-4?,22-15-/t18-,19-/m0/s1. The minimum absolute atomic E-state index is 0.0765. The van der Waals surface area contributed by atoms with E-state index >= 15 is 0 Å². The summed E-state index contributed by atoms with van der Waals surface area (Å²) in [5, 5.41) is 4.13. The third kappa shape index (κ3) is 4.94. The number of hydrogen-bond donors (Lipinski definition) is 1. The zero-order valence-corrected chi connectivity index (χ0v) is 15.0. The van der Waals surface area contributed by atoms with Gasteiger partial charge in [-0.1, -0.05) is 25.5 Å². The van der Waals surface area contributed by atoms with Crippen LogP contribution in [-0.4, -0.2) is 18.7 Å². The number of benzene rings is 1. The fourth-order valence-corrected chi connectivity index (χ4v) is 3.66. The first-order chi connectivity index (χ1) is 12.3. The predicted octanol–water partition coefficient (Wildman–Crippen LogP) is 4.31. The van der Waals surface area contributed by atoms with Gasteiger partial charge in [0.25, 0.3) is 0 Å². The number of nitrogens with zero attached hydrogens (tertiary/aromatic N) is 1. The van der Waals surface area contributed by atoms with Crippen LogP contribution in [0.25, 0.3) is 0 Å². The number of rotatable bonds is 7. The van der Waals surface area contributed by atoms with E-state index in [0.29, 0.717) is 11.8 Å². The van der Waals surface area contributed by atoms with Gasteiger partial charge in [0.05, 0.1) is 12.8 Å². The average Bonchev–Trinajstić information content (AvgIpc) is 3.27. The molecule has 0 heterocycles. The Hall–Kier alpha value is -2.10. The number of nitrogens with one attached hydrogen (secondary N) is 1. The van der Waals surface area contributed by atoms with E-state index in [9.17, 15) is 4.79 Å². The molecule has 0 radical (unpaired) electrons. The van der Waals surface area contributed by atoms with E-state index in [1.807, 2.05) is 24.3 Å². The number of amides is 1. The van der Waals surface area contributed by atoms with E-state index in [0.717, 1.165) is 56.4 Å². The van der Waals surface area contributed by atoms with E-state index < -0.39 is 0 Å². The summed E-state index contributed by atoms with van der Waals surface area (Å²) in [7, 11) is 0. The quantitative estimate of drug-likeness (QED) is 0.348. The molecule has 0 bridgehead atoms. The number of hydrazone groups is 1. The van der Waals surface area contributed by atoms with Gasteiger partial charge in [0, 0.05) is 5.92 Å². The summed E-state index contributed by atoms with van der Waals surface area (Å²) in [5.74, 6) is 2.22. The van der Waals surface area contributed by atoms with Crippen LogP contribution in [0.2, 0.25) is 0 Å². The topological polar surface area (TPSA) is 50.7 Å². The van der Waals surface area contributed by atoms with Crippen LogP contribution in [0.1, 0.15) is 51.0 Å². The summed E-state index contributed by atoms with van der Waals surface area (Å²) in [4.78, 5) is 12.3. The summed E-state index contributed by atoms with van der Waals surface area (Å²) in [6, 6.07) is 7.78. The average molecular weight is 340 g/mol. The van der Waals surface area contributed by atoms with Crippen molar-refractivity contribution in [2.45, 2.75) is 45.4 Å². The van der Waals surface area contributed by atoms with Gasteiger partial charge in [0.2, 0.25) is 5.91 Å². The number of hydrogen-bond acceptors (Lipinski definition) is 3. The number of carbonyl (C=O) groups is 1. The van der Waals surface area contributed by atoms with Crippen molar-refractivity contribution in [1.29, 1.82) is 0 Å². The van der Waals surface area contributed by atoms with E-state index in [1.54, 1.807) is 6.21 Å². The van der Waals surface area contributed by atoms with Crippen molar-refractivity contribution in [3.05, 3.63) is 42.0 Å². The highest BCUT2D eigenvalue weighted by Gasteiger charge is 2.53. The highest BCUT2D eigenvalue weighted by molar-refractivity contribution is 5.85. The second kappa shape index (κ2) is 8.84. The highest BCUT2D eigenvalue weighted by atomic mass is 16.5. The zero-order chi connectivity index (χ0) is 17.5. The Morgan fingerprint density at radius 3 is 2.52 bits per heavy atom. The molecule has 0 aliphatic heterocycles. The number of unbranched alkanes of at least 4 members (excludes halogenated alkanes) is 1. The first-order valence-electron chi connectivity index (χ1n) is 9.50. The van der Waals surface area contributed by atoms with Gasteiger partial charge in [0.1, 0.15) is 5.75 Å². The lowest BCUT2D eigenvalue weighted by Gasteiger charge is -2.04. The Labute approximate surface area is 150 Å². The molecule has 1 aromatic rings. The van der Waals surface area contributed by atoms with Gasteiger partial charge in [-0.15, -0.1) is 0 Å². The molecule has 1 N–H and O–H groups in total. The summed E-state index contributed by atoms with van der Waals surface area (Å²) in [6.07, 6.45) is 12.8. The molecule has 0 spiro atoms. The minimum atomic E-state index is 0.0765. The van der Waals surface area contributed by atoms with Gasteiger partial charge >= 0.3 is 0 Å². The molecule has 1 fully saturated rings. The van der Waals surface area contributed by atoms with E-state index in [1.165, 1.54) is 0 Å². The monoisotopic (exact) mass is 340 g/mol. The third-order valence-corrected chi connectivity index (χ3v) is 5.17. The van der Waals surface area contributed by atoms with Crippen LogP contribution in [0, 0.1) is 17.8 Å². The second-order valence-electron chi connectivity index (χ2n) is 6.98. The molecule has 25 heavy (non-hydrogen) atoms. The molecule has 1 aromatic carbocycles.